The van der Waals surface area contributed by atoms with Crippen molar-refractivity contribution in [1.29, 1.82) is 0 Å². The van der Waals surface area contributed by atoms with Crippen LogP contribution in [0.15, 0.2) is 0 Å². The quantitative estimate of drug-likeness (QED) is 0.587. The van der Waals surface area contributed by atoms with E-state index in [1.54, 1.807) is 14.0 Å². The van der Waals surface area contributed by atoms with E-state index in [0.29, 0.717) is 6.61 Å². The SMILES string of the molecule is CCCOC(=O)C(C)NC. The topological polar surface area (TPSA) is 38.3 Å². The molecule has 0 aromatic heterocycles. The molecule has 3 nitrogen and oxygen atoms in total. The van der Waals surface area contributed by atoms with Crippen LogP contribution in [0.5, 0.6) is 0 Å². The monoisotopic (exact) mass is 145 g/mol. The number of esters is 1. The van der Waals surface area contributed by atoms with E-state index in [-0.39, 0.29) is 12.0 Å². The molecule has 0 spiro atoms. The van der Waals surface area contributed by atoms with Crippen LogP contribution < -0.4 is 5.32 Å². The summed E-state index contributed by atoms with van der Waals surface area (Å²) in [7, 11) is 1.73. The van der Waals surface area contributed by atoms with Gasteiger partial charge in [-0.3, -0.25) is 4.79 Å². The third kappa shape index (κ3) is 3.45. The summed E-state index contributed by atoms with van der Waals surface area (Å²) in [5.41, 5.74) is 0. The van der Waals surface area contributed by atoms with Crippen molar-refractivity contribution >= 4 is 5.97 Å². The molecule has 0 aliphatic heterocycles. The van der Waals surface area contributed by atoms with Crippen molar-refractivity contribution in [1.82, 2.24) is 5.32 Å². The molecule has 0 bridgehead atoms. The maximum atomic E-state index is 10.8. The molecule has 0 heterocycles. The fourth-order valence-electron chi connectivity index (χ4n) is 0.446. The largest absolute Gasteiger partial charge is 0.465 e. The van der Waals surface area contributed by atoms with E-state index in [0.717, 1.165) is 6.42 Å². The Morgan fingerprint density at radius 1 is 1.70 bits per heavy atom. The van der Waals surface area contributed by atoms with Crippen molar-refractivity contribution in [2.45, 2.75) is 26.3 Å². The zero-order valence-electron chi connectivity index (χ0n) is 6.81. The highest BCUT2D eigenvalue weighted by Gasteiger charge is 2.09. The van der Waals surface area contributed by atoms with Crippen LogP contribution in [-0.2, 0) is 9.53 Å². The Morgan fingerprint density at radius 2 is 2.30 bits per heavy atom. The Bertz CT molecular complexity index is 104. The molecule has 0 rings (SSSR count). The van der Waals surface area contributed by atoms with Crippen molar-refractivity contribution in [3.8, 4) is 0 Å². The summed E-state index contributed by atoms with van der Waals surface area (Å²) in [5.74, 6) is -0.177. The van der Waals surface area contributed by atoms with Crippen LogP contribution in [0, 0.1) is 0 Å². The van der Waals surface area contributed by atoms with Crippen LogP contribution in [0.1, 0.15) is 20.3 Å². The molecule has 0 saturated heterocycles. The molecule has 3 heteroatoms. The first-order chi connectivity index (χ1) is 4.72. The summed E-state index contributed by atoms with van der Waals surface area (Å²) in [6.45, 7) is 4.26. The summed E-state index contributed by atoms with van der Waals surface area (Å²) in [4.78, 5) is 10.8. The second-order valence-corrected chi connectivity index (χ2v) is 2.18. The Morgan fingerprint density at radius 3 is 2.70 bits per heavy atom. The van der Waals surface area contributed by atoms with Crippen molar-refractivity contribution in [2.24, 2.45) is 0 Å². The Kier molecular flexibility index (Phi) is 4.94. The molecule has 0 aromatic carbocycles. The molecule has 1 atom stereocenters. The molecular formula is C7H15NO2. The van der Waals surface area contributed by atoms with Crippen molar-refractivity contribution in [3.63, 3.8) is 0 Å². The highest BCUT2D eigenvalue weighted by molar-refractivity contribution is 5.75. The van der Waals surface area contributed by atoms with Crippen LogP contribution in [0.3, 0.4) is 0 Å². The number of hydrogen-bond acceptors (Lipinski definition) is 3. The van der Waals surface area contributed by atoms with Crippen LogP contribution in [0.25, 0.3) is 0 Å². The minimum Gasteiger partial charge on any atom is -0.465 e. The van der Waals surface area contributed by atoms with Crippen molar-refractivity contribution < 1.29 is 9.53 Å². The lowest BCUT2D eigenvalue weighted by Gasteiger charge is -2.08. The van der Waals surface area contributed by atoms with E-state index < -0.39 is 0 Å². The number of rotatable bonds is 4. The number of carbonyl (C=O) groups is 1. The van der Waals surface area contributed by atoms with Gasteiger partial charge in [0.05, 0.1) is 6.61 Å². The molecule has 0 fully saturated rings. The van der Waals surface area contributed by atoms with Crippen LogP contribution in [0.2, 0.25) is 0 Å². The van der Waals surface area contributed by atoms with Gasteiger partial charge in [0, 0.05) is 0 Å². The van der Waals surface area contributed by atoms with E-state index in [2.05, 4.69) is 5.32 Å². The van der Waals surface area contributed by atoms with Gasteiger partial charge in [-0.25, -0.2) is 0 Å². The third-order valence-electron chi connectivity index (χ3n) is 1.24. The fourth-order valence-corrected chi connectivity index (χ4v) is 0.446. The van der Waals surface area contributed by atoms with E-state index >= 15 is 0 Å². The van der Waals surface area contributed by atoms with Crippen molar-refractivity contribution in [3.05, 3.63) is 0 Å². The molecule has 0 radical (unpaired) electrons. The molecular weight excluding hydrogens is 130 g/mol. The van der Waals surface area contributed by atoms with E-state index in [9.17, 15) is 4.79 Å². The number of carbonyl (C=O) groups excluding carboxylic acids is 1. The lowest BCUT2D eigenvalue weighted by atomic mass is 10.3. The van der Waals surface area contributed by atoms with Gasteiger partial charge in [0.15, 0.2) is 0 Å². The highest BCUT2D eigenvalue weighted by atomic mass is 16.5. The molecule has 1 N–H and O–H groups in total. The van der Waals surface area contributed by atoms with Crippen LogP contribution in [0.4, 0.5) is 0 Å². The maximum Gasteiger partial charge on any atom is 0.322 e. The number of ether oxygens (including phenoxy) is 1. The molecule has 1 unspecified atom stereocenters. The lowest BCUT2D eigenvalue weighted by Crippen LogP contribution is -2.32. The minimum atomic E-state index is -0.188. The first-order valence-electron chi connectivity index (χ1n) is 3.56. The summed E-state index contributed by atoms with van der Waals surface area (Å²) in [5, 5.41) is 2.80. The average Bonchev–Trinajstić information content (AvgIpc) is 1.98. The lowest BCUT2D eigenvalue weighted by molar-refractivity contribution is -0.145. The van der Waals surface area contributed by atoms with Crippen molar-refractivity contribution in [2.75, 3.05) is 13.7 Å². The van der Waals surface area contributed by atoms with E-state index in [4.69, 9.17) is 4.74 Å². The van der Waals surface area contributed by atoms with Gasteiger partial charge in [-0.2, -0.15) is 0 Å². The zero-order valence-corrected chi connectivity index (χ0v) is 6.81. The number of likely N-dealkylation sites (N-methyl/N-ethyl adjacent to an activating group) is 1. The van der Waals surface area contributed by atoms with Gasteiger partial charge < -0.3 is 10.1 Å². The van der Waals surface area contributed by atoms with Crippen LogP contribution in [-0.4, -0.2) is 25.7 Å². The average molecular weight is 145 g/mol. The zero-order chi connectivity index (χ0) is 7.98. The number of nitrogens with one attached hydrogen (secondary N) is 1. The summed E-state index contributed by atoms with van der Waals surface area (Å²) in [6, 6.07) is -0.188. The number of hydrogen-bond donors (Lipinski definition) is 1. The van der Waals surface area contributed by atoms with E-state index in [1.165, 1.54) is 0 Å². The summed E-state index contributed by atoms with van der Waals surface area (Å²) >= 11 is 0. The highest BCUT2D eigenvalue weighted by Crippen LogP contribution is 1.87. The molecule has 60 valence electrons. The normalized spacial score (nSPS) is 12.7. The predicted molar refractivity (Wildman–Crippen MR) is 39.8 cm³/mol. The first-order valence-corrected chi connectivity index (χ1v) is 3.56. The Labute approximate surface area is 61.8 Å². The van der Waals surface area contributed by atoms with E-state index in [1.807, 2.05) is 6.92 Å². The molecule has 0 saturated carbocycles. The fraction of sp³-hybridized carbons (Fsp3) is 0.857. The standard InChI is InChI=1S/C7H15NO2/c1-4-5-10-7(9)6(2)8-3/h6,8H,4-5H2,1-3H3. The molecule has 0 aromatic rings. The molecule has 0 amide bonds. The molecule has 10 heavy (non-hydrogen) atoms. The van der Waals surface area contributed by atoms with Gasteiger partial charge in [-0.1, -0.05) is 6.92 Å². The van der Waals surface area contributed by atoms with Gasteiger partial charge in [0.1, 0.15) is 6.04 Å². The third-order valence-corrected chi connectivity index (χ3v) is 1.24. The van der Waals surface area contributed by atoms with Crippen LogP contribution >= 0.6 is 0 Å². The smallest absolute Gasteiger partial charge is 0.322 e. The Hall–Kier alpha value is -0.570. The van der Waals surface area contributed by atoms with Gasteiger partial charge in [-0.15, -0.1) is 0 Å². The predicted octanol–water partition coefficient (Wildman–Crippen LogP) is 0.547. The summed E-state index contributed by atoms with van der Waals surface area (Å²) in [6.07, 6.45) is 0.877. The first kappa shape index (κ1) is 9.43. The van der Waals surface area contributed by atoms with Gasteiger partial charge in [0.2, 0.25) is 0 Å². The Balaban J connectivity index is 3.42. The summed E-state index contributed by atoms with van der Waals surface area (Å²) < 4.78 is 4.84. The minimum absolute atomic E-state index is 0.177. The second kappa shape index (κ2) is 5.23. The van der Waals surface area contributed by atoms with Gasteiger partial charge in [-0.05, 0) is 20.4 Å². The second-order valence-electron chi connectivity index (χ2n) is 2.18. The molecule has 0 aliphatic carbocycles. The molecule has 0 aliphatic rings. The van der Waals surface area contributed by atoms with Gasteiger partial charge in [0.25, 0.3) is 0 Å². The van der Waals surface area contributed by atoms with Gasteiger partial charge >= 0.3 is 5.97 Å². The maximum absolute atomic E-state index is 10.8.